The summed E-state index contributed by atoms with van der Waals surface area (Å²) in [7, 11) is 1.66. The Labute approximate surface area is 110 Å². The van der Waals surface area contributed by atoms with Crippen LogP contribution in [0.15, 0.2) is 30.9 Å². The summed E-state index contributed by atoms with van der Waals surface area (Å²) in [5.74, 6) is 0.888. The predicted octanol–water partition coefficient (Wildman–Crippen LogP) is 2.85. The highest BCUT2D eigenvalue weighted by Gasteiger charge is 2.08. The molecule has 100 valence electrons. The van der Waals surface area contributed by atoms with Gasteiger partial charge in [0.25, 0.3) is 0 Å². The predicted molar refractivity (Wildman–Crippen MR) is 74.9 cm³/mol. The Morgan fingerprint density at radius 1 is 1.39 bits per heavy atom. The fourth-order valence-corrected chi connectivity index (χ4v) is 1.76. The van der Waals surface area contributed by atoms with Gasteiger partial charge in [-0.2, -0.15) is 0 Å². The van der Waals surface area contributed by atoms with E-state index in [9.17, 15) is 0 Å². The summed E-state index contributed by atoms with van der Waals surface area (Å²) in [5.41, 5.74) is 8.32. The molecule has 1 rings (SSSR count). The number of nitrogens with two attached hydrogens (primary N) is 1. The van der Waals surface area contributed by atoms with Crippen LogP contribution in [0, 0.1) is 0 Å². The molecule has 0 saturated carbocycles. The van der Waals surface area contributed by atoms with E-state index in [1.807, 2.05) is 18.2 Å². The van der Waals surface area contributed by atoms with Crippen molar-refractivity contribution in [3.05, 3.63) is 42.0 Å². The van der Waals surface area contributed by atoms with Crippen molar-refractivity contribution in [2.24, 2.45) is 5.73 Å². The zero-order valence-corrected chi connectivity index (χ0v) is 11.3. The van der Waals surface area contributed by atoms with Crippen LogP contribution in [0.4, 0.5) is 0 Å². The van der Waals surface area contributed by atoms with Gasteiger partial charge in [0, 0.05) is 13.2 Å². The fourth-order valence-electron chi connectivity index (χ4n) is 1.76. The van der Waals surface area contributed by atoms with Crippen LogP contribution in [0.25, 0.3) is 0 Å². The largest absolute Gasteiger partial charge is 0.491 e. The zero-order valence-electron chi connectivity index (χ0n) is 11.3. The second kappa shape index (κ2) is 7.90. The Balaban J connectivity index is 2.85. The molecule has 1 unspecified atom stereocenters. The van der Waals surface area contributed by atoms with Crippen LogP contribution >= 0.6 is 0 Å². The quantitative estimate of drug-likeness (QED) is 0.569. The molecule has 0 amide bonds. The first kappa shape index (κ1) is 14.7. The number of hydrogen-bond donors (Lipinski definition) is 1. The fraction of sp³-hybridized carbons (Fsp3) is 0.467. The van der Waals surface area contributed by atoms with E-state index in [1.54, 1.807) is 7.11 Å². The molecular formula is C15H23NO2. The van der Waals surface area contributed by atoms with Crippen molar-refractivity contribution in [1.82, 2.24) is 0 Å². The van der Waals surface area contributed by atoms with Crippen LogP contribution in [0.2, 0.25) is 0 Å². The summed E-state index contributed by atoms with van der Waals surface area (Å²) >= 11 is 0. The van der Waals surface area contributed by atoms with Crippen LogP contribution in [-0.4, -0.2) is 20.3 Å². The minimum Gasteiger partial charge on any atom is -0.491 e. The summed E-state index contributed by atoms with van der Waals surface area (Å²) in [5, 5.41) is 0. The molecule has 0 aliphatic heterocycles. The maximum Gasteiger partial charge on any atom is 0.122 e. The average Bonchev–Trinajstić information content (AvgIpc) is 2.40. The molecule has 0 radical (unpaired) electrons. The highest BCUT2D eigenvalue weighted by atomic mass is 16.5. The summed E-state index contributed by atoms with van der Waals surface area (Å²) in [6.07, 6.45) is 3.59. The van der Waals surface area contributed by atoms with Crippen molar-refractivity contribution >= 4 is 0 Å². The van der Waals surface area contributed by atoms with Crippen molar-refractivity contribution in [3.63, 3.8) is 0 Å². The molecule has 18 heavy (non-hydrogen) atoms. The molecule has 0 aliphatic carbocycles. The molecule has 0 aromatic heterocycles. The monoisotopic (exact) mass is 249 g/mol. The second-order valence-electron chi connectivity index (χ2n) is 4.22. The Morgan fingerprint density at radius 2 is 2.17 bits per heavy atom. The number of ether oxygens (including phenoxy) is 2. The molecule has 2 N–H and O–H groups in total. The first-order valence-corrected chi connectivity index (χ1v) is 6.34. The molecule has 0 fully saturated rings. The molecule has 0 aliphatic rings. The van der Waals surface area contributed by atoms with Gasteiger partial charge in [0.1, 0.15) is 12.4 Å². The van der Waals surface area contributed by atoms with Crippen molar-refractivity contribution in [2.75, 3.05) is 20.3 Å². The Morgan fingerprint density at radius 3 is 2.78 bits per heavy atom. The van der Waals surface area contributed by atoms with Crippen LogP contribution in [-0.2, 0) is 11.2 Å². The number of allylic oxidation sites excluding steroid dienone is 1. The number of methoxy groups -OCH3 is 1. The van der Waals surface area contributed by atoms with Crippen LogP contribution < -0.4 is 10.5 Å². The van der Waals surface area contributed by atoms with Gasteiger partial charge < -0.3 is 15.2 Å². The highest BCUT2D eigenvalue weighted by molar-refractivity contribution is 5.39. The Hall–Kier alpha value is -1.32. The van der Waals surface area contributed by atoms with E-state index in [4.69, 9.17) is 15.2 Å². The van der Waals surface area contributed by atoms with Gasteiger partial charge >= 0.3 is 0 Å². The summed E-state index contributed by atoms with van der Waals surface area (Å²) < 4.78 is 10.7. The van der Waals surface area contributed by atoms with Crippen molar-refractivity contribution < 1.29 is 9.47 Å². The standard InChI is InChI=1S/C15H23NO2/c1-4-6-13-11-12(14(16)5-2)7-8-15(13)18-10-9-17-3/h4,7-8,11,14H,1,5-6,9-10,16H2,2-3H3. The van der Waals surface area contributed by atoms with Gasteiger partial charge in [-0.1, -0.05) is 25.1 Å². The third kappa shape index (κ3) is 4.17. The molecule has 0 bridgehead atoms. The van der Waals surface area contributed by atoms with Crippen LogP contribution in [0.3, 0.4) is 0 Å². The van der Waals surface area contributed by atoms with Crippen molar-refractivity contribution in [1.29, 1.82) is 0 Å². The molecule has 1 atom stereocenters. The van der Waals surface area contributed by atoms with E-state index in [0.29, 0.717) is 13.2 Å². The number of benzene rings is 1. The van der Waals surface area contributed by atoms with E-state index in [2.05, 4.69) is 19.6 Å². The van der Waals surface area contributed by atoms with E-state index < -0.39 is 0 Å². The van der Waals surface area contributed by atoms with Gasteiger partial charge in [0.05, 0.1) is 6.61 Å². The van der Waals surface area contributed by atoms with E-state index in [1.165, 1.54) is 0 Å². The van der Waals surface area contributed by atoms with Crippen molar-refractivity contribution in [2.45, 2.75) is 25.8 Å². The molecule has 3 nitrogen and oxygen atoms in total. The van der Waals surface area contributed by atoms with Gasteiger partial charge in [-0.05, 0) is 30.0 Å². The molecule has 0 heterocycles. The number of hydrogen-bond acceptors (Lipinski definition) is 3. The molecule has 1 aromatic carbocycles. The lowest BCUT2D eigenvalue weighted by atomic mass is 10.0. The van der Waals surface area contributed by atoms with Gasteiger partial charge in [-0.25, -0.2) is 0 Å². The van der Waals surface area contributed by atoms with Gasteiger partial charge in [0.15, 0.2) is 0 Å². The Bertz CT molecular complexity index is 377. The first-order valence-electron chi connectivity index (χ1n) is 6.34. The lowest BCUT2D eigenvalue weighted by molar-refractivity contribution is 0.146. The molecule has 0 saturated heterocycles. The maximum absolute atomic E-state index is 6.04. The molecule has 3 heteroatoms. The minimum atomic E-state index is 0.0848. The average molecular weight is 249 g/mol. The maximum atomic E-state index is 6.04. The summed E-state index contributed by atoms with van der Waals surface area (Å²) in [6.45, 7) is 7.00. The minimum absolute atomic E-state index is 0.0848. The molecule has 1 aromatic rings. The van der Waals surface area contributed by atoms with Gasteiger partial charge in [-0.3, -0.25) is 0 Å². The van der Waals surface area contributed by atoms with E-state index in [0.717, 1.165) is 29.7 Å². The lowest BCUT2D eigenvalue weighted by Gasteiger charge is -2.15. The SMILES string of the molecule is C=CCc1cc(C(N)CC)ccc1OCCOC. The molecule has 0 spiro atoms. The van der Waals surface area contributed by atoms with E-state index >= 15 is 0 Å². The smallest absolute Gasteiger partial charge is 0.122 e. The third-order valence-electron chi connectivity index (χ3n) is 2.86. The lowest BCUT2D eigenvalue weighted by Crippen LogP contribution is -2.10. The van der Waals surface area contributed by atoms with E-state index in [-0.39, 0.29) is 6.04 Å². The Kier molecular flexibility index (Phi) is 6.47. The molecular weight excluding hydrogens is 226 g/mol. The normalized spacial score (nSPS) is 12.2. The second-order valence-corrected chi connectivity index (χ2v) is 4.22. The highest BCUT2D eigenvalue weighted by Crippen LogP contribution is 2.24. The topological polar surface area (TPSA) is 44.5 Å². The summed E-state index contributed by atoms with van der Waals surface area (Å²) in [4.78, 5) is 0. The first-order chi connectivity index (χ1) is 8.72. The van der Waals surface area contributed by atoms with Gasteiger partial charge in [0.2, 0.25) is 0 Å². The third-order valence-corrected chi connectivity index (χ3v) is 2.86. The van der Waals surface area contributed by atoms with Crippen molar-refractivity contribution in [3.8, 4) is 5.75 Å². The van der Waals surface area contributed by atoms with Crippen LogP contribution in [0.1, 0.15) is 30.5 Å². The van der Waals surface area contributed by atoms with Gasteiger partial charge in [-0.15, -0.1) is 6.58 Å². The number of rotatable bonds is 8. The summed E-state index contributed by atoms with van der Waals surface area (Å²) in [6, 6.07) is 6.21. The zero-order chi connectivity index (χ0) is 13.4. The van der Waals surface area contributed by atoms with Crippen LogP contribution in [0.5, 0.6) is 5.75 Å².